The quantitative estimate of drug-likeness (QED) is 0.920. The minimum Gasteiger partial charge on any atom is -0.467 e. The lowest BCUT2D eigenvalue weighted by Gasteiger charge is -2.20. The zero-order valence-electron chi connectivity index (χ0n) is 11.4. The third-order valence-electron chi connectivity index (χ3n) is 2.96. The third kappa shape index (κ3) is 4.40. The molecule has 1 atom stereocenters. The predicted molar refractivity (Wildman–Crippen MR) is 80.6 cm³/mol. The first-order chi connectivity index (χ1) is 9.16. The van der Waals surface area contributed by atoms with Gasteiger partial charge in [-0.3, -0.25) is 4.79 Å². The minimum absolute atomic E-state index is 0. The number of hydrogen-bond acceptors (Lipinski definition) is 3. The summed E-state index contributed by atoms with van der Waals surface area (Å²) in [5.74, 6) is 0.669. The fourth-order valence-electron chi connectivity index (χ4n) is 1.95. The van der Waals surface area contributed by atoms with Crippen molar-refractivity contribution in [3.05, 3.63) is 60.1 Å². The van der Waals surface area contributed by atoms with Gasteiger partial charge in [-0.05, 0) is 24.1 Å². The summed E-state index contributed by atoms with van der Waals surface area (Å²) < 4.78 is 5.22. The van der Waals surface area contributed by atoms with E-state index in [0.29, 0.717) is 13.0 Å². The van der Waals surface area contributed by atoms with Gasteiger partial charge in [-0.1, -0.05) is 30.3 Å². The maximum absolute atomic E-state index is 12.1. The van der Waals surface area contributed by atoms with Crippen molar-refractivity contribution in [1.29, 1.82) is 0 Å². The van der Waals surface area contributed by atoms with Gasteiger partial charge < -0.3 is 15.1 Å². The number of nitrogens with zero attached hydrogens (tertiary/aromatic N) is 1. The van der Waals surface area contributed by atoms with E-state index in [9.17, 15) is 4.79 Å². The number of amides is 1. The van der Waals surface area contributed by atoms with Gasteiger partial charge in [0.2, 0.25) is 5.91 Å². The molecule has 2 aromatic rings. The monoisotopic (exact) mass is 294 g/mol. The Balaban J connectivity index is 0.00000200. The van der Waals surface area contributed by atoms with E-state index in [1.807, 2.05) is 36.4 Å². The molecule has 0 saturated heterocycles. The normalized spacial score (nSPS) is 11.5. The van der Waals surface area contributed by atoms with Crippen molar-refractivity contribution < 1.29 is 9.21 Å². The van der Waals surface area contributed by atoms with E-state index in [2.05, 4.69) is 0 Å². The van der Waals surface area contributed by atoms with Gasteiger partial charge in [-0.2, -0.15) is 0 Å². The van der Waals surface area contributed by atoms with Crippen molar-refractivity contribution >= 4 is 18.3 Å². The standard InChI is InChI=1S/C15H18N2O2.ClH/c1-17(11-13-8-5-9-19-13)15(18)14(16)10-12-6-3-2-4-7-12;/h2-9,14H,10-11,16H2,1H3;1H/t14-;/m0./s1. The smallest absolute Gasteiger partial charge is 0.239 e. The lowest BCUT2D eigenvalue weighted by molar-refractivity contribution is -0.132. The van der Waals surface area contributed by atoms with Crippen LogP contribution >= 0.6 is 12.4 Å². The summed E-state index contributed by atoms with van der Waals surface area (Å²) in [4.78, 5) is 13.7. The zero-order valence-corrected chi connectivity index (χ0v) is 12.2. The van der Waals surface area contributed by atoms with Gasteiger partial charge in [-0.15, -0.1) is 12.4 Å². The van der Waals surface area contributed by atoms with Crippen LogP contribution in [-0.2, 0) is 17.8 Å². The summed E-state index contributed by atoms with van der Waals surface area (Å²) in [5.41, 5.74) is 7.02. The SMILES string of the molecule is CN(Cc1ccco1)C(=O)[C@@H](N)Cc1ccccc1.Cl. The van der Waals surface area contributed by atoms with Crippen molar-refractivity contribution in [1.82, 2.24) is 4.90 Å². The highest BCUT2D eigenvalue weighted by Crippen LogP contribution is 2.07. The Morgan fingerprint density at radius 1 is 1.25 bits per heavy atom. The highest BCUT2D eigenvalue weighted by Gasteiger charge is 2.19. The molecular weight excluding hydrogens is 276 g/mol. The topological polar surface area (TPSA) is 59.5 Å². The van der Waals surface area contributed by atoms with E-state index in [4.69, 9.17) is 10.2 Å². The molecule has 0 radical (unpaired) electrons. The number of halogens is 1. The van der Waals surface area contributed by atoms with Gasteiger partial charge in [0.05, 0.1) is 18.8 Å². The van der Waals surface area contributed by atoms with Crippen LogP contribution in [0, 0.1) is 0 Å². The molecule has 1 aromatic heterocycles. The number of nitrogens with two attached hydrogens (primary N) is 1. The maximum atomic E-state index is 12.1. The molecule has 2 rings (SSSR count). The molecule has 0 saturated carbocycles. The van der Waals surface area contributed by atoms with Crippen molar-refractivity contribution in [2.75, 3.05) is 7.05 Å². The Hall–Kier alpha value is -1.78. The summed E-state index contributed by atoms with van der Waals surface area (Å²) in [6, 6.07) is 12.9. The molecule has 0 unspecified atom stereocenters. The molecule has 0 spiro atoms. The molecule has 0 bridgehead atoms. The van der Waals surface area contributed by atoms with Crippen LogP contribution in [-0.4, -0.2) is 23.9 Å². The fraction of sp³-hybridized carbons (Fsp3) is 0.267. The molecule has 108 valence electrons. The molecule has 1 amide bonds. The van der Waals surface area contributed by atoms with E-state index in [-0.39, 0.29) is 18.3 Å². The number of likely N-dealkylation sites (N-methyl/N-ethyl adjacent to an activating group) is 1. The molecule has 0 aliphatic heterocycles. The zero-order chi connectivity index (χ0) is 13.7. The number of furan rings is 1. The average molecular weight is 295 g/mol. The van der Waals surface area contributed by atoms with Crippen LogP contribution in [0.4, 0.5) is 0 Å². The molecular formula is C15H19ClN2O2. The van der Waals surface area contributed by atoms with E-state index in [1.54, 1.807) is 24.3 Å². The van der Waals surface area contributed by atoms with Crippen molar-refractivity contribution in [2.45, 2.75) is 19.0 Å². The number of carbonyl (C=O) groups excluding carboxylic acids is 1. The van der Waals surface area contributed by atoms with Crippen molar-refractivity contribution in [2.24, 2.45) is 5.73 Å². The maximum Gasteiger partial charge on any atom is 0.239 e. The van der Waals surface area contributed by atoms with Crippen molar-refractivity contribution in [3.8, 4) is 0 Å². The van der Waals surface area contributed by atoms with E-state index in [1.165, 1.54) is 0 Å². The second-order valence-corrected chi connectivity index (χ2v) is 4.57. The fourth-order valence-corrected chi connectivity index (χ4v) is 1.95. The number of hydrogen-bond donors (Lipinski definition) is 1. The molecule has 0 aliphatic carbocycles. The van der Waals surface area contributed by atoms with Crippen molar-refractivity contribution in [3.63, 3.8) is 0 Å². The molecule has 20 heavy (non-hydrogen) atoms. The predicted octanol–water partition coefficient (Wildman–Crippen LogP) is 2.23. The molecule has 2 N–H and O–H groups in total. The molecule has 0 aliphatic rings. The number of carbonyl (C=O) groups is 1. The highest BCUT2D eigenvalue weighted by atomic mass is 35.5. The van der Waals surface area contributed by atoms with E-state index < -0.39 is 6.04 Å². The first kappa shape index (κ1) is 16.3. The van der Waals surface area contributed by atoms with E-state index >= 15 is 0 Å². The summed E-state index contributed by atoms with van der Waals surface area (Å²) in [5, 5.41) is 0. The van der Waals surface area contributed by atoms with Gasteiger partial charge in [0.25, 0.3) is 0 Å². The Labute approximate surface area is 125 Å². The van der Waals surface area contributed by atoms with Gasteiger partial charge in [0.1, 0.15) is 5.76 Å². The average Bonchev–Trinajstić information content (AvgIpc) is 2.91. The van der Waals surface area contributed by atoms with Crippen LogP contribution in [0.3, 0.4) is 0 Å². The molecule has 0 fully saturated rings. The first-order valence-corrected chi connectivity index (χ1v) is 6.23. The summed E-state index contributed by atoms with van der Waals surface area (Å²) >= 11 is 0. The molecule has 1 heterocycles. The Bertz CT molecular complexity index is 514. The number of benzene rings is 1. The molecule has 4 nitrogen and oxygen atoms in total. The first-order valence-electron chi connectivity index (χ1n) is 6.23. The third-order valence-corrected chi connectivity index (χ3v) is 2.96. The van der Waals surface area contributed by atoms with Crippen LogP contribution in [0.2, 0.25) is 0 Å². The second kappa shape index (κ2) is 7.72. The van der Waals surface area contributed by atoms with E-state index in [0.717, 1.165) is 11.3 Å². The van der Waals surface area contributed by atoms with Crippen LogP contribution in [0.5, 0.6) is 0 Å². The highest BCUT2D eigenvalue weighted by molar-refractivity contribution is 5.85. The van der Waals surface area contributed by atoms with Crippen LogP contribution in [0.25, 0.3) is 0 Å². The minimum atomic E-state index is -0.526. The van der Waals surface area contributed by atoms with Crippen LogP contribution in [0.15, 0.2) is 53.1 Å². The van der Waals surface area contributed by atoms with Crippen LogP contribution < -0.4 is 5.73 Å². The summed E-state index contributed by atoms with van der Waals surface area (Å²) in [6.07, 6.45) is 2.14. The largest absolute Gasteiger partial charge is 0.467 e. The van der Waals surface area contributed by atoms with Crippen LogP contribution in [0.1, 0.15) is 11.3 Å². The van der Waals surface area contributed by atoms with Gasteiger partial charge in [-0.25, -0.2) is 0 Å². The lowest BCUT2D eigenvalue weighted by Crippen LogP contribution is -2.42. The molecule has 5 heteroatoms. The molecule has 1 aromatic carbocycles. The van der Waals surface area contributed by atoms with Gasteiger partial charge >= 0.3 is 0 Å². The van der Waals surface area contributed by atoms with Gasteiger partial charge in [0, 0.05) is 7.05 Å². The Morgan fingerprint density at radius 2 is 1.95 bits per heavy atom. The lowest BCUT2D eigenvalue weighted by atomic mass is 10.1. The summed E-state index contributed by atoms with van der Waals surface area (Å²) in [6.45, 7) is 0.439. The van der Waals surface area contributed by atoms with Gasteiger partial charge in [0.15, 0.2) is 0 Å². The number of rotatable bonds is 5. The summed E-state index contributed by atoms with van der Waals surface area (Å²) in [7, 11) is 1.73. The second-order valence-electron chi connectivity index (χ2n) is 4.57. The Morgan fingerprint density at radius 3 is 2.55 bits per heavy atom. The Kier molecular flexibility index (Phi) is 6.28.